The summed E-state index contributed by atoms with van der Waals surface area (Å²) in [6.07, 6.45) is 4.53. The monoisotopic (exact) mass is 280 g/mol. The molecule has 20 heavy (non-hydrogen) atoms. The van der Waals surface area contributed by atoms with E-state index in [4.69, 9.17) is 5.11 Å². The van der Waals surface area contributed by atoms with Crippen molar-refractivity contribution >= 4 is 17.9 Å². The van der Waals surface area contributed by atoms with Crippen LogP contribution >= 0.6 is 0 Å². The zero-order valence-corrected chi connectivity index (χ0v) is 11.7. The molecule has 0 saturated heterocycles. The molecule has 0 radical (unpaired) electrons. The summed E-state index contributed by atoms with van der Waals surface area (Å²) in [6.45, 7) is 2.73. The Bertz CT molecular complexity index is 464. The van der Waals surface area contributed by atoms with Gasteiger partial charge in [0.1, 0.15) is 0 Å². The summed E-state index contributed by atoms with van der Waals surface area (Å²) in [7, 11) is 0. The molecule has 0 aliphatic heterocycles. The minimum atomic E-state index is -1.16. The molecule has 0 aromatic carbocycles. The van der Waals surface area contributed by atoms with Crippen molar-refractivity contribution in [3.05, 3.63) is 11.1 Å². The Morgan fingerprint density at radius 1 is 1.00 bits per heavy atom. The summed E-state index contributed by atoms with van der Waals surface area (Å²) in [5.41, 5.74) is -0.0155. The maximum Gasteiger partial charge on any atom is 0.331 e. The second kappa shape index (κ2) is 5.64. The lowest BCUT2D eigenvalue weighted by Crippen LogP contribution is -2.46. The third kappa shape index (κ3) is 3.59. The summed E-state index contributed by atoms with van der Waals surface area (Å²) < 4.78 is 0. The Kier molecular flexibility index (Phi) is 4.11. The molecule has 0 aromatic heterocycles. The van der Waals surface area contributed by atoms with Gasteiger partial charge in [-0.3, -0.25) is 10.1 Å². The molecule has 0 spiro atoms. The molecule has 2 aliphatic carbocycles. The molecule has 0 atom stereocenters. The van der Waals surface area contributed by atoms with Crippen molar-refractivity contribution in [2.24, 2.45) is 11.8 Å². The van der Waals surface area contributed by atoms with Gasteiger partial charge in [0.2, 0.25) is 0 Å². The van der Waals surface area contributed by atoms with Crippen LogP contribution < -0.4 is 10.6 Å². The fraction of sp³-hybridized carbons (Fsp3) is 0.643. The molecule has 0 heterocycles. The standard InChI is InChI=1S/C14H20N2O4/c1-7(8(2)13(18)19)12(17)16-14(20)15-11(9-3-4-9)10-5-6-10/h9-11H,3-6H2,1-2H3,(H,18,19)(H2,15,16,17,20). The van der Waals surface area contributed by atoms with E-state index in [0.717, 1.165) is 25.7 Å². The van der Waals surface area contributed by atoms with E-state index in [1.54, 1.807) is 0 Å². The maximum atomic E-state index is 11.8. The Morgan fingerprint density at radius 3 is 1.90 bits per heavy atom. The zero-order valence-electron chi connectivity index (χ0n) is 11.7. The molecule has 6 nitrogen and oxygen atoms in total. The van der Waals surface area contributed by atoms with Crippen molar-refractivity contribution in [1.82, 2.24) is 10.6 Å². The second-order valence-electron chi connectivity index (χ2n) is 5.68. The van der Waals surface area contributed by atoms with Crippen LogP contribution in [-0.4, -0.2) is 29.1 Å². The largest absolute Gasteiger partial charge is 0.478 e. The van der Waals surface area contributed by atoms with Crippen LogP contribution in [0, 0.1) is 11.8 Å². The highest BCUT2D eigenvalue weighted by Crippen LogP contribution is 2.44. The van der Waals surface area contributed by atoms with Gasteiger partial charge in [-0.2, -0.15) is 0 Å². The predicted octanol–water partition coefficient (Wildman–Crippen LogP) is 1.42. The summed E-state index contributed by atoms with van der Waals surface area (Å²) in [5, 5.41) is 13.9. The molecule has 0 bridgehead atoms. The van der Waals surface area contributed by atoms with Gasteiger partial charge in [0.25, 0.3) is 5.91 Å². The first-order valence-electron chi connectivity index (χ1n) is 6.92. The molecule has 0 unspecified atom stereocenters. The molecule has 3 N–H and O–H groups in total. The number of carboxylic acid groups (broad SMARTS) is 1. The van der Waals surface area contributed by atoms with Crippen molar-refractivity contribution in [3.8, 4) is 0 Å². The molecule has 110 valence electrons. The number of aliphatic carboxylic acids is 1. The average Bonchev–Trinajstić information content (AvgIpc) is 3.27. The van der Waals surface area contributed by atoms with E-state index in [-0.39, 0.29) is 17.2 Å². The Balaban J connectivity index is 1.89. The number of rotatable bonds is 5. The fourth-order valence-electron chi connectivity index (χ4n) is 2.25. The number of hydrogen-bond acceptors (Lipinski definition) is 3. The van der Waals surface area contributed by atoms with E-state index in [2.05, 4.69) is 10.6 Å². The fourth-order valence-corrected chi connectivity index (χ4v) is 2.25. The van der Waals surface area contributed by atoms with Crippen molar-refractivity contribution in [2.75, 3.05) is 0 Å². The molecule has 2 aliphatic rings. The lowest BCUT2D eigenvalue weighted by atomic mass is 10.1. The van der Waals surface area contributed by atoms with Gasteiger partial charge < -0.3 is 10.4 Å². The second-order valence-corrected chi connectivity index (χ2v) is 5.68. The van der Waals surface area contributed by atoms with Gasteiger partial charge in [-0.05, 0) is 51.4 Å². The van der Waals surface area contributed by atoms with Gasteiger partial charge in [0.05, 0.1) is 0 Å². The van der Waals surface area contributed by atoms with Gasteiger partial charge in [-0.15, -0.1) is 0 Å². The van der Waals surface area contributed by atoms with Crippen LogP contribution in [0.2, 0.25) is 0 Å². The minimum absolute atomic E-state index is 0.0436. The SMILES string of the molecule is CC(C(=O)O)=C(C)C(=O)NC(=O)NC(C1CC1)C1CC1. The average molecular weight is 280 g/mol. The number of hydrogen-bond donors (Lipinski definition) is 3. The number of imide groups is 1. The lowest BCUT2D eigenvalue weighted by molar-refractivity contribution is -0.133. The summed E-state index contributed by atoms with van der Waals surface area (Å²) in [6, 6.07) is -0.371. The van der Waals surface area contributed by atoms with Crippen LogP contribution in [0.1, 0.15) is 39.5 Å². The summed E-state index contributed by atoms with van der Waals surface area (Å²) in [5.74, 6) is -0.735. The Labute approximate surface area is 117 Å². The molecule has 2 fully saturated rings. The van der Waals surface area contributed by atoms with E-state index in [0.29, 0.717) is 11.8 Å². The highest BCUT2D eigenvalue weighted by molar-refractivity contribution is 6.07. The molecular formula is C14H20N2O4. The predicted molar refractivity (Wildman–Crippen MR) is 71.9 cm³/mol. The van der Waals surface area contributed by atoms with E-state index < -0.39 is 17.9 Å². The maximum absolute atomic E-state index is 11.8. The summed E-state index contributed by atoms with van der Waals surface area (Å²) >= 11 is 0. The van der Waals surface area contributed by atoms with Crippen LogP contribution in [0.25, 0.3) is 0 Å². The van der Waals surface area contributed by atoms with Gasteiger partial charge in [0.15, 0.2) is 0 Å². The van der Waals surface area contributed by atoms with Crippen molar-refractivity contribution in [1.29, 1.82) is 0 Å². The minimum Gasteiger partial charge on any atom is -0.478 e. The highest BCUT2D eigenvalue weighted by atomic mass is 16.4. The third-order valence-electron chi connectivity index (χ3n) is 4.01. The Morgan fingerprint density at radius 2 is 1.50 bits per heavy atom. The van der Waals surface area contributed by atoms with Crippen molar-refractivity contribution in [3.63, 3.8) is 0 Å². The molecular weight excluding hydrogens is 260 g/mol. The number of urea groups is 1. The number of nitrogens with one attached hydrogen (secondary N) is 2. The lowest BCUT2D eigenvalue weighted by Gasteiger charge is -2.17. The van der Waals surface area contributed by atoms with Gasteiger partial charge in [-0.1, -0.05) is 0 Å². The van der Waals surface area contributed by atoms with Gasteiger partial charge in [0, 0.05) is 17.2 Å². The zero-order chi connectivity index (χ0) is 14.9. The summed E-state index contributed by atoms with van der Waals surface area (Å²) in [4.78, 5) is 34.3. The number of amides is 3. The smallest absolute Gasteiger partial charge is 0.331 e. The first kappa shape index (κ1) is 14.6. The Hall–Kier alpha value is -1.85. The van der Waals surface area contributed by atoms with Gasteiger partial charge >= 0.3 is 12.0 Å². The first-order chi connectivity index (χ1) is 9.40. The first-order valence-corrected chi connectivity index (χ1v) is 6.92. The third-order valence-corrected chi connectivity index (χ3v) is 4.01. The van der Waals surface area contributed by atoms with Crippen LogP contribution in [0.4, 0.5) is 4.79 Å². The molecule has 2 rings (SSSR count). The molecule has 6 heteroatoms. The quantitative estimate of drug-likeness (QED) is 0.664. The molecule has 0 aromatic rings. The number of carboxylic acids is 1. The number of carbonyl (C=O) groups excluding carboxylic acids is 2. The molecule has 3 amide bonds. The van der Waals surface area contributed by atoms with E-state index in [1.165, 1.54) is 13.8 Å². The van der Waals surface area contributed by atoms with Gasteiger partial charge in [-0.25, -0.2) is 9.59 Å². The molecule has 2 saturated carbocycles. The number of carbonyl (C=O) groups is 3. The van der Waals surface area contributed by atoms with Crippen LogP contribution in [0.15, 0.2) is 11.1 Å². The van der Waals surface area contributed by atoms with E-state index in [1.807, 2.05) is 0 Å². The van der Waals surface area contributed by atoms with Crippen LogP contribution in [0.5, 0.6) is 0 Å². The van der Waals surface area contributed by atoms with E-state index >= 15 is 0 Å². The van der Waals surface area contributed by atoms with Crippen LogP contribution in [-0.2, 0) is 9.59 Å². The van der Waals surface area contributed by atoms with Crippen molar-refractivity contribution < 1.29 is 19.5 Å². The topological polar surface area (TPSA) is 95.5 Å². The highest BCUT2D eigenvalue weighted by Gasteiger charge is 2.42. The van der Waals surface area contributed by atoms with E-state index in [9.17, 15) is 14.4 Å². The van der Waals surface area contributed by atoms with Crippen molar-refractivity contribution in [2.45, 2.75) is 45.6 Å². The van der Waals surface area contributed by atoms with Crippen LogP contribution in [0.3, 0.4) is 0 Å². The normalized spacial score (nSPS) is 19.4.